The van der Waals surface area contributed by atoms with Gasteiger partial charge in [-0.15, -0.1) is 0 Å². The minimum atomic E-state index is 0.338. The number of benzene rings is 1. The molecule has 2 aromatic rings. The van der Waals surface area contributed by atoms with Gasteiger partial charge >= 0.3 is 0 Å². The molecule has 2 nitrogen and oxygen atoms in total. The van der Waals surface area contributed by atoms with E-state index in [0.29, 0.717) is 6.10 Å². The summed E-state index contributed by atoms with van der Waals surface area (Å²) in [5.74, 6) is 0. The Kier molecular flexibility index (Phi) is 1.37. The first-order valence-electron chi connectivity index (χ1n) is 4.40. The van der Waals surface area contributed by atoms with Gasteiger partial charge in [0.1, 0.15) is 6.10 Å². The zero-order valence-electron chi connectivity index (χ0n) is 7.10. The minimum Gasteiger partial charge on any atom is -0.368 e. The van der Waals surface area contributed by atoms with E-state index in [1.807, 2.05) is 18.3 Å². The molecule has 3 rings (SSSR count). The van der Waals surface area contributed by atoms with Gasteiger partial charge in [0.05, 0.1) is 12.1 Å². The molecule has 1 aliphatic rings. The van der Waals surface area contributed by atoms with Crippen LogP contribution in [0.15, 0.2) is 36.5 Å². The van der Waals surface area contributed by atoms with Crippen molar-refractivity contribution in [2.75, 3.05) is 6.61 Å². The van der Waals surface area contributed by atoms with E-state index < -0.39 is 0 Å². The lowest BCUT2D eigenvalue weighted by Crippen LogP contribution is -1.82. The normalized spacial score (nSPS) is 20.5. The van der Waals surface area contributed by atoms with E-state index >= 15 is 0 Å². The van der Waals surface area contributed by atoms with Crippen LogP contribution in [0.3, 0.4) is 0 Å². The molecule has 1 unspecified atom stereocenters. The lowest BCUT2D eigenvalue weighted by molar-refractivity contribution is 0.416. The maximum Gasteiger partial charge on any atom is 0.106 e. The Hall–Kier alpha value is -1.41. The maximum atomic E-state index is 5.22. The molecule has 0 amide bonds. The zero-order valence-corrected chi connectivity index (χ0v) is 7.10. The number of ether oxygens (including phenoxy) is 1. The fourth-order valence-corrected chi connectivity index (χ4v) is 1.53. The van der Waals surface area contributed by atoms with Crippen molar-refractivity contribution in [1.82, 2.24) is 4.98 Å². The number of nitrogens with zero attached hydrogens (tertiary/aromatic N) is 1. The smallest absolute Gasteiger partial charge is 0.106 e. The van der Waals surface area contributed by atoms with Crippen molar-refractivity contribution in [3.63, 3.8) is 0 Å². The molecule has 1 atom stereocenters. The largest absolute Gasteiger partial charge is 0.368 e. The van der Waals surface area contributed by atoms with Gasteiger partial charge in [-0.05, 0) is 23.8 Å². The second-order valence-corrected chi connectivity index (χ2v) is 3.28. The predicted molar refractivity (Wildman–Crippen MR) is 50.4 cm³/mol. The van der Waals surface area contributed by atoms with Crippen LogP contribution in [0.2, 0.25) is 0 Å². The van der Waals surface area contributed by atoms with E-state index in [1.165, 1.54) is 10.9 Å². The van der Waals surface area contributed by atoms with Crippen LogP contribution in [0.4, 0.5) is 0 Å². The van der Waals surface area contributed by atoms with E-state index in [9.17, 15) is 0 Å². The molecule has 0 saturated carbocycles. The molecule has 1 aromatic heterocycles. The number of epoxide rings is 1. The van der Waals surface area contributed by atoms with Crippen molar-refractivity contribution in [3.05, 3.63) is 42.1 Å². The van der Waals surface area contributed by atoms with Crippen molar-refractivity contribution in [3.8, 4) is 0 Å². The summed E-state index contributed by atoms with van der Waals surface area (Å²) in [6.45, 7) is 0.867. The second kappa shape index (κ2) is 2.54. The first-order valence-corrected chi connectivity index (χ1v) is 4.40. The van der Waals surface area contributed by atoms with E-state index in [4.69, 9.17) is 4.74 Å². The van der Waals surface area contributed by atoms with Crippen molar-refractivity contribution in [2.45, 2.75) is 6.10 Å². The molecule has 2 heterocycles. The third kappa shape index (κ3) is 1.19. The van der Waals surface area contributed by atoms with Crippen LogP contribution in [0.1, 0.15) is 11.7 Å². The van der Waals surface area contributed by atoms with E-state index in [1.54, 1.807) is 0 Å². The summed E-state index contributed by atoms with van der Waals surface area (Å²) in [6, 6.07) is 10.3. The molecule has 2 heteroatoms. The third-order valence-electron chi connectivity index (χ3n) is 2.33. The second-order valence-electron chi connectivity index (χ2n) is 3.28. The van der Waals surface area contributed by atoms with Gasteiger partial charge < -0.3 is 4.74 Å². The van der Waals surface area contributed by atoms with E-state index in [0.717, 1.165) is 12.1 Å². The molecule has 0 spiro atoms. The van der Waals surface area contributed by atoms with Crippen LogP contribution in [0.5, 0.6) is 0 Å². The number of pyridine rings is 1. The highest BCUT2D eigenvalue weighted by Crippen LogP contribution is 2.31. The van der Waals surface area contributed by atoms with Crippen LogP contribution in [0, 0.1) is 0 Å². The van der Waals surface area contributed by atoms with Gasteiger partial charge in [0.2, 0.25) is 0 Å². The highest BCUT2D eigenvalue weighted by Gasteiger charge is 2.24. The fraction of sp³-hybridized carbons (Fsp3) is 0.182. The molecule has 0 radical (unpaired) electrons. The van der Waals surface area contributed by atoms with E-state index in [-0.39, 0.29) is 0 Å². The lowest BCUT2D eigenvalue weighted by Gasteiger charge is -1.98. The zero-order chi connectivity index (χ0) is 8.67. The monoisotopic (exact) mass is 171 g/mol. The van der Waals surface area contributed by atoms with E-state index in [2.05, 4.69) is 23.2 Å². The quantitative estimate of drug-likeness (QED) is 0.615. The van der Waals surface area contributed by atoms with Crippen molar-refractivity contribution < 1.29 is 4.74 Å². The van der Waals surface area contributed by atoms with Gasteiger partial charge in [0.25, 0.3) is 0 Å². The molecule has 0 bridgehead atoms. The molecule has 1 saturated heterocycles. The predicted octanol–water partition coefficient (Wildman–Crippen LogP) is 2.31. The summed E-state index contributed by atoms with van der Waals surface area (Å²) in [4.78, 5) is 4.26. The molecule has 0 aliphatic carbocycles. The highest BCUT2D eigenvalue weighted by atomic mass is 16.6. The average Bonchev–Trinajstić information content (AvgIpc) is 3.00. The van der Waals surface area contributed by atoms with Crippen LogP contribution in [0.25, 0.3) is 10.9 Å². The highest BCUT2D eigenvalue weighted by molar-refractivity contribution is 5.79. The summed E-state index contributed by atoms with van der Waals surface area (Å²) < 4.78 is 5.22. The molecule has 1 aromatic carbocycles. The van der Waals surface area contributed by atoms with Gasteiger partial charge in [-0.3, -0.25) is 4.98 Å². The first kappa shape index (κ1) is 7.04. The topological polar surface area (TPSA) is 25.4 Å². The fourth-order valence-electron chi connectivity index (χ4n) is 1.53. The van der Waals surface area contributed by atoms with Gasteiger partial charge in [-0.1, -0.05) is 12.1 Å². The van der Waals surface area contributed by atoms with Crippen LogP contribution in [-0.4, -0.2) is 11.6 Å². The van der Waals surface area contributed by atoms with Crippen LogP contribution in [-0.2, 0) is 4.74 Å². The lowest BCUT2D eigenvalue weighted by atomic mass is 10.1. The average molecular weight is 171 g/mol. The summed E-state index contributed by atoms with van der Waals surface area (Å²) in [5.41, 5.74) is 2.31. The third-order valence-corrected chi connectivity index (χ3v) is 2.33. The summed E-state index contributed by atoms with van der Waals surface area (Å²) >= 11 is 0. The van der Waals surface area contributed by atoms with Gasteiger partial charge in [-0.2, -0.15) is 0 Å². The molecular formula is C11H9NO. The maximum absolute atomic E-state index is 5.22. The van der Waals surface area contributed by atoms with Crippen LogP contribution < -0.4 is 0 Å². The Morgan fingerprint density at radius 2 is 2.23 bits per heavy atom. The minimum absolute atomic E-state index is 0.338. The van der Waals surface area contributed by atoms with Crippen molar-refractivity contribution in [1.29, 1.82) is 0 Å². The number of hydrogen-bond acceptors (Lipinski definition) is 2. The summed E-state index contributed by atoms with van der Waals surface area (Å²) in [5, 5.41) is 1.19. The molecule has 1 fully saturated rings. The Morgan fingerprint density at radius 3 is 3.08 bits per heavy atom. The first-order chi connectivity index (χ1) is 6.43. The van der Waals surface area contributed by atoms with Crippen molar-refractivity contribution >= 4 is 10.9 Å². The number of fused-ring (bicyclic) bond motifs is 1. The SMILES string of the molecule is c1cnc2ccc(C3CO3)cc2c1. The number of rotatable bonds is 1. The van der Waals surface area contributed by atoms with Crippen molar-refractivity contribution in [2.24, 2.45) is 0 Å². The summed E-state index contributed by atoms with van der Waals surface area (Å²) in [7, 11) is 0. The van der Waals surface area contributed by atoms with Gasteiger partial charge in [0.15, 0.2) is 0 Å². The Balaban J connectivity index is 2.21. The molecule has 13 heavy (non-hydrogen) atoms. The number of hydrogen-bond donors (Lipinski definition) is 0. The molecule has 64 valence electrons. The molecular weight excluding hydrogens is 162 g/mol. The Morgan fingerprint density at radius 1 is 1.31 bits per heavy atom. The standard InChI is InChI=1S/C11H9NO/c1-2-8-6-9(11-7-13-11)3-4-10(8)12-5-1/h1-6,11H,7H2. The van der Waals surface area contributed by atoms with Gasteiger partial charge in [0, 0.05) is 11.6 Å². The Bertz CT molecular complexity index is 449. The Labute approximate surface area is 76.2 Å². The molecule has 1 aliphatic heterocycles. The number of aromatic nitrogens is 1. The van der Waals surface area contributed by atoms with Crippen LogP contribution >= 0.6 is 0 Å². The summed E-state index contributed by atoms with van der Waals surface area (Å²) in [6.07, 6.45) is 2.15. The van der Waals surface area contributed by atoms with Gasteiger partial charge in [-0.25, -0.2) is 0 Å². The molecule has 0 N–H and O–H groups in total.